The topological polar surface area (TPSA) is 80.9 Å². The zero-order chi connectivity index (χ0) is 31.3. The summed E-state index contributed by atoms with van der Waals surface area (Å²) in [6, 6.07) is 33.4. The minimum Gasteiger partial charge on any atom is -0.493 e. The van der Waals surface area contributed by atoms with Crippen molar-refractivity contribution in [2.75, 3.05) is 30.2 Å². The van der Waals surface area contributed by atoms with E-state index in [9.17, 15) is 4.79 Å². The van der Waals surface area contributed by atoms with E-state index in [-0.39, 0.29) is 11.5 Å². The zero-order valence-corrected chi connectivity index (χ0v) is 26.0. The lowest BCUT2D eigenvalue weighted by atomic mass is 9.86. The van der Waals surface area contributed by atoms with Crippen molar-refractivity contribution in [1.82, 2.24) is 0 Å². The molecular weight excluding hydrogens is 550 g/mol. The normalized spacial score (nSPS) is 11.9. The van der Waals surface area contributed by atoms with E-state index in [1.807, 2.05) is 91.0 Å². The molecule has 5 rings (SSSR count). The molecular formula is C37H39N3O4. The van der Waals surface area contributed by atoms with Crippen LogP contribution in [0.4, 0.5) is 21.9 Å². The molecule has 0 radical (unpaired) electrons. The number of hydrogen-bond acceptors (Lipinski definition) is 5. The summed E-state index contributed by atoms with van der Waals surface area (Å²) in [7, 11) is 3.14. The number of anilines is 3. The highest BCUT2D eigenvalue weighted by atomic mass is 16.5. The SMILES string of the molecule is COc1cc(C(C)(C)C)cc(NC(=O)Nc2ccc(Oc3cccc(NC(C)c4ccccc4)c3)c3ccccc23)c1OC. The Labute approximate surface area is 259 Å². The highest BCUT2D eigenvalue weighted by molar-refractivity contribution is 6.08. The van der Waals surface area contributed by atoms with Gasteiger partial charge in [-0.15, -0.1) is 0 Å². The Bertz CT molecular complexity index is 1760. The third-order valence-corrected chi connectivity index (χ3v) is 7.47. The molecule has 2 amide bonds. The number of ether oxygens (including phenoxy) is 3. The lowest BCUT2D eigenvalue weighted by Gasteiger charge is -2.23. The van der Waals surface area contributed by atoms with Crippen LogP contribution in [0.1, 0.15) is 44.9 Å². The molecule has 1 atom stereocenters. The molecule has 0 bridgehead atoms. The lowest BCUT2D eigenvalue weighted by molar-refractivity contribution is 0.262. The van der Waals surface area contributed by atoms with Crippen molar-refractivity contribution in [1.29, 1.82) is 0 Å². The lowest BCUT2D eigenvalue weighted by Crippen LogP contribution is -2.21. The van der Waals surface area contributed by atoms with Crippen LogP contribution in [-0.2, 0) is 5.41 Å². The highest BCUT2D eigenvalue weighted by Crippen LogP contribution is 2.40. The van der Waals surface area contributed by atoms with E-state index >= 15 is 0 Å². The molecule has 0 aliphatic heterocycles. The molecule has 0 aromatic heterocycles. The van der Waals surface area contributed by atoms with Gasteiger partial charge in [0.1, 0.15) is 11.5 Å². The first-order valence-electron chi connectivity index (χ1n) is 14.6. The Morgan fingerprint density at radius 3 is 2.11 bits per heavy atom. The number of fused-ring (bicyclic) bond motifs is 1. The third-order valence-electron chi connectivity index (χ3n) is 7.47. The Hall–Kier alpha value is -5.17. The Morgan fingerprint density at radius 2 is 1.41 bits per heavy atom. The number of carbonyl (C=O) groups is 1. The summed E-state index contributed by atoms with van der Waals surface area (Å²) in [4.78, 5) is 13.3. The van der Waals surface area contributed by atoms with Crippen LogP contribution in [-0.4, -0.2) is 20.3 Å². The van der Waals surface area contributed by atoms with E-state index < -0.39 is 6.03 Å². The Kier molecular flexibility index (Phi) is 8.95. The first kappa shape index (κ1) is 30.3. The van der Waals surface area contributed by atoms with E-state index in [1.54, 1.807) is 14.2 Å². The molecule has 5 aromatic carbocycles. The van der Waals surface area contributed by atoms with Crippen LogP contribution in [0, 0.1) is 0 Å². The van der Waals surface area contributed by atoms with Crippen molar-refractivity contribution in [2.24, 2.45) is 0 Å². The molecule has 7 nitrogen and oxygen atoms in total. The number of amides is 2. The van der Waals surface area contributed by atoms with Gasteiger partial charge < -0.3 is 30.2 Å². The maximum atomic E-state index is 13.3. The van der Waals surface area contributed by atoms with Crippen LogP contribution in [0.15, 0.2) is 103 Å². The third kappa shape index (κ3) is 6.89. The zero-order valence-electron chi connectivity index (χ0n) is 26.0. The van der Waals surface area contributed by atoms with Crippen LogP contribution in [0.3, 0.4) is 0 Å². The molecule has 3 N–H and O–H groups in total. The quantitative estimate of drug-likeness (QED) is 0.159. The molecule has 226 valence electrons. The monoisotopic (exact) mass is 589 g/mol. The minimum atomic E-state index is -0.401. The van der Waals surface area contributed by atoms with Crippen molar-refractivity contribution in [3.63, 3.8) is 0 Å². The standard InChI is InChI=1S/C37H39N3O4/c1-24(25-13-8-7-9-14-25)38-27-15-12-16-28(23-27)44-33-20-19-31(29-17-10-11-18-30(29)33)39-36(41)40-32-21-26(37(2,3)4)22-34(42-5)35(32)43-6/h7-24,38H,1-6H3,(H2,39,40,41). The van der Waals surface area contributed by atoms with Crippen molar-refractivity contribution in [3.05, 3.63) is 114 Å². The summed E-state index contributed by atoms with van der Waals surface area (Å²) in [5, 5.41) is 11.2. The van der Waals surface area contributed by atoms with Crippen molar-refractivity contribution in [3.8, 4) is 23.0 Å². The molecule has 0 spiro atoms. The largest absolute Gasteiger partial charge is 0.493 e. The molecule has 0 saturated heterocycles. The molecule has 0 aliphatic carbocycles. The predicted molar refractivity (Wildman–Crippen MR) is 180 cm³/mol. The highest BCUT2D eigenvalue weighted by Gasteiger charge is 2.21. The first-order valence-corrected chi connectivity index (χ1v) is 14.6. The second-order valence-electron chi connectivity index (χ2n) is 11.7. The van der Waals surface area contributed by atoms with Gasteiger partial charge in [0.25, 0.3) is 0 Å². The first-order chi connectivity index (χ1) is 21.2. The molecule has 44 heavy (non-hydrogen) atoms. The fourth-order valence-electron chi connectivity index (χ4n) is 5.09. The van der Waals surface area contributed by atoms with E-state index in [0.29, 0.717) is 34.4 Å². The number of carbonyl (C=O) groups excluding carboxylic acids is 1. The average molecular weight is 590 g/mol. The molecule has 5 aromatic rings. The fraction of sp³-hybridized carbons (Fsp3) is 0.216. The van der Waals surface area contributed by atoms with E-state index in [4.69, 9.17) is 14.2 Å². The molecule has 1 unspecified atom stereocenters. The van der Waals surface area contributed by atoms with Crippen molar-refractivity contribution >= 4 is 33.9 Å². The number of methoxy groups -OCH3 is 2. The molecule has 0 heterocycles. The van der Waals surface area contributed by atoms with Gasteiger partial charge in [0.05, 0.1) is 25.6 Å². The predicted octanol–water partition coefficient (Wildman–Crippen LogP) is 9.76. The summed E-state index contributed by atoms with van der Waals surface area (Å²) < 4.78 is 17.5. The number of benzene rings is 5. The van der Waals surface area contributed by atoms with E-state index in [0.717, 1.165) is 22.0 Å². The van der Waals surface area contributed by atoms with Gasteiger partial charge in [-0.05, 0) is 59.9 Å². The van der Waals surface area contributed by atoms with Crippen molar-refractivity contribution in [2.45, 2.75) is 39.2 Å². The van der Waals surface area contributed by atoms with Crippen LogP contribution in [0.25, 0.3) is 10.8 Å². The number of nitrogens with one attached hydrogen (secondary N) is 3. The second-order valence-corrected chi connectivity index (χ2v) is 11.7. The van der Waals surface area contributed by atoms with Crippen molar-refractivity contribution < 1.29 is 19.0 Å². The Morgan fingerprint density at radius 1 is 0.705 bits per heavy atom. The van der Waals surface area contributed by atoms with Gasteiger partial charge in [-0.25, -0.2) is 4.79 Å². The Balaban J connectivity index is 1.36. The summed E-state index contributed by atoms with van der Waals surface area (Å²) in [6.45, 7) is 8.44. The van der Waals surface area contributed by atoms with Gasteiger partial charge in [-0.1, -0.05) is 81.4 Å². The number of hydrogen-bond donors (Lipinski definition) is 3. The van der Waals surface area contributed by atoms with Gasteiger partial charge >= 0.3 is 6.03 Å². The van der Waals surface area contributed by atoms with Gasteiger partial charge in [-0.2, -0.15) is 0 Å². The summed E-state index contributed by atoms with van der Waals surface area (Å²) >= 11 is 0. The minimum absolute atomic E-state index is 0.140. The van der Waals surface area contributed by atoms with Crippen LogP contribution in [0.2, 0.25) is 0 Å². The molecule has 0 saturated carbocycles. The maximum absolute atomic E-state index is 13.3. The molecule has 0 aliphatic rings. The van der Waals surface area contributed by atoms with Crippen LogP contribution in [0.5, 0.6) is 23.0 Å². The summed E-state index contributed by atoms with van der Waals surface area (Å²) in [6.07, 6.45) is 0. The molecule has 7 heteroatoms. The molecule has 0 fully saturated rings. The summed E-state index contributed by atoms with van der Waals surface area (Å²) in [5.41, 5.74) is 4.18. The van der Waals surface area contributed by atoms with Gasteiger partial charge in [0, 0.05) is 28.6 Å². The van der Waals surface area contributed by atoms with Crippen LogP contribution < -0.4 is 30.2 Å². The smallest absolute Gasteiger partial charge is 0.323 e. The number of rotatable bonds is 9. The van der Waals surface area contributed by atoms with Gasteiger partial charge in [0.15, 0.2) is 11.5 Å². The van der Waals surface area contributed by atoms with E-state index in [2.05, 4.69) is 55.8 Å². The summed E-state index contributed by atoms with van der Waals surface area (Å²) in [5.74, 6) is 2.40. The van der Waals surface area contributed by atoms with Crippen LogP contribution >= 0.6 is 0 Å². The van der Waals surface area contributed by atoms with Gasteiger partial charge in [-0.3, -0.25) is 0 Å². The fourth-order valence-corrected chi connectivity index (χ4v) is 5.09. The second kappa shape index (κ2) is 13.0. The number of urea groups is 1. The average Bonchev–Trinajstić information content (AvgIpc) is 3.02. The van der Waals surface area contributed by atoms with Gasteiger partial charge in [0.2, 0.25) is 0 Å². The van der Waals surface area contributed by atoms with E-state index in [1.165, 1.54) is 5.56 Å². The maximum Gasteiger partial charge on any atom is 0.323 e.